The third-order valence-corrected chi connectivity index (χ3v) is 14.1. The van der Waals surface area contributed by atoms with E-state index in [0.717, 1.165) is 60.8 Å². The minimum absolute atomic E-state index is 0. The Bertz CT molecular complexity index is 3430. The molecule has 10 rings (SSSR count). The molecular formula is C54H51IrN3OSSi-2. The van der Waals surface area contributed by atoms with Crippen molar-refractivity contribution in [2.75, 3.05) is 0 Å². The molecule has 0 aliphatic heterocycles. The van der Waals surface area contributed by atoms with Gasteiger partial charge in [-0.1, -0.05) is 132 Å². The summed E-state index contributed by atoms with van der Waals surface area (Å²) in [4.78, 5) is 9.74. The largest absolute Gasteiger partial charge is 0.501 e. The molecule has 61 heavy (non-hydrogen) atoms. The molecular weight excluding hydrogens is 959 g/mol. The zero-order chi connectivity index (χ0) is 46.2. The molecule has 0 aliphatic carbocycles. The van der Waals surface area contributed by atoms with Crippen molar-refractivity contribution in [3.63, 3.8) is 0 Å². The van der Waals surface area contributed by atoms with Gasteiger partial charge in [-0.05, 0) is 71.1 Å². The smallest absolute Gasteiger partial charge is 0.120 e. The van der Waals surface area contributed by atoms with Crippen LogP contribution in [0.1, 0.15) is 58.2 Å². The number of pyridine rings is 1. The number of benzene rings is 6. The topological polar surface area (TPSA) is 43.9 Å². The molecule has 10 aromatic rings. The van der Waals surface area contributed by atoms with Crippen molar-refractivity contribution in [2.24, 2.45) is 5.92 Å². The normalized spacial score (nSPS) is 13.8. The molecule has 0 spiro atoms. The number of hydrogen-bond donors (Lipinski definition) is 0. The molecule has 0 aliphatic rings. The van der Waals surface area contributed by atoms with Crippen LogP contribution in [-0.4, -0.2) is 22.6 Å². The van der Waals surface area contributed by atoms with E-state index in [9.17, 15) is 0 Å². The van der Waals surface area contributed by atoms with Crippen LogP contribution in [0.4, 0.5) is 0 Å². The van der Waals surface area contributed by atoms with Gasteiger partial charge in [0.05, 0.1) is 30.5 Å². The zero-order valence-corrected chi connectivity index (χ0v) is 39.9. The minimum atomic E-state index is -2.22. The van der Waals surface area contributed by atoms with Gasteiger partial charge in [0, 0.05) is 64.4 Å². The van der Waals surface area contributed by atoms with E-state index in [1.54, 1.807) is 6.07 Å². The molecule has 0 saturated heterocycles. The fourth-order valence-corrected chi connectivity index (χ4v) is 10.5. The van der Waals surface area contributed by atoms with Crippen LogP contribution in [0.2, 0.25) is 19.6 Å². The van der Waals surface area contributed by atoms with Crippen molar-refractivity contribution in [3.8, 4) is 28.3 Å². The van der Waals surface area contributed by atoms with E-state index in [2.05, 4.69) is 114 Å². The van der Waals surface area contributed by atoms with Crippen LogP contribution in [0.25, 0.3) is 81.5 Å². The van der Waals surface area contributed by atoms with Crippen LogP contribution in [0, 0.1) is 24.9 Å². The van der Waals surface area contributed by atoms with Crippen molar-refractivity contribution < 1.29 is 31.4 Å². The number of furan rings is 1. The quantitative estimate of drug-likeness (QED) is 0.123. The van der Waals surface area contributed by atoms with Gasteiger partial charge in [-0.2, -0.15) is 0 Å². The Hall–Kier alpha value is -5.17. The van der Waals surface area contributed by atoms with E-state index in [4.69, 9.17) is 16.3 Å². The number of fused-ring (bicyclic) bond motifs is 7. The number of aryl methyl sites for hydroxylation is 1. The van der Waals surface area contributed by atoms with E-state index in [-0.39, 0.29) is 31.4 Å². The number of nitrogens with zero attached hydrogens (tertiary/aromatic N) is 3. The summed E-state index contributed by atoms with van der Waals surface area (Å²) in [6.45, 7) is 14.1. The molecule has 309 valence electrons. The first kappa shape index (κ1) is 36.5. The zero-order valence-electron chi connectivity index (χ0n) is 40.7. The van der Waals surface area contributed by atoms with Crippen LogP contribution in [-0.2, 0) is 31.9 Å². The summed E-state index contributed by atoms with van der Waals surface area (Å²) in [6, 6.07) is 47.6. The Balaban J connectivity index is 0.000000180. The Morgan fingerprint density at radius 1 is 0.836 bits per heavy atom. The van der Waals surface area contributed by atoms with Crippen LogP contribution in [0.15, 0.2) is 132 Å². The van der Waals surface area contributed by atoms with Crippen molar-refractivity contribution in [1.82, 2.24) is 14.5 Å². The van der Waals surface area contributed by atoms with E-state index in [1.165, 1.54) is 20.2 Å². The number of rotatable bonds is 6. The van der Waals surface area contributed by atoms with Crippen molar-refractivity contribution >= 4 is 77.7 Å². The first-order valence-corrected chi connectivity index (χ1v) is 24.8. The Labute approximate surface area is 385 Å². The molecule has 4 nitrogen and oxygen atoms in total. The van der Waals surface area contributed by atoms with Crippen LogP contribution < -0.4 is 5.19 Å². The van der Waals surface area contributed by atoms with Gasteiger partial charge < -0.3 is 14.0 Å². The van der Waals surface area contributed by atoms with Crippen LogP contribution in [0.3, 0.4) is 0 Å². The molecule has 0 bridgehead atoms. The van der Waals surface area contributed by atoms with Gasteiger partial charge in [-0.3, -0.25) is 4.98 Å². The SMILES string of the molecule is [2H]C([2H])([2H])c1c[c-]c(-c2cc(C([2H])([2H])C(C)C)c([Si](C)(C)C)cn2)cc1C(C)(C)C.[Ir].[c-]1ccc2c(oc3ccccc32)c1-c1nc2ccccc2n1-c1ccc2sc3ccccc3c2c1. The second kappa shape index (κ2) is 16.6. The summed E-state index contributed by atoms with van der Waals surface area (Å²) in [5, 5.41) is 5.74. The molecule has 0 N–H and O–H groups in total. The maximum Gasteiger partial charge on any atom is 0.120 e. The number of hydrogen-bond acceptors (Lipinski definition) is 4. The Morgan fingerprint density at radius 3 is 2.34 bits per heavy atom. The van der Waals surface area contributed by atoms with Gasteiger partial charge in [0.25, 0.3) is 0 Å². The van der Waals surface area contributed by atoms with Gasteiger partial charge in [-0.15, -0.1) is 64.4 Å². The third-order valence-electron chi connectivity index (χ3n) is 10.9. The molecule has 0 fully saturated rings. The summed E-state index contributed by atoms with van der Waals surface area (Å²) in [6.07, 6.45) is 0.332. The van der Waals surface area contributed by atoms with Crippen molar-refractivity contribution in [2.45, 2.75) is 72.9 Å². The van der Waals surface area contributed by atoms with E-state index in [0.29, 0.717) is 22.4 Å². The summed E-state index contributed by atoms with van der Waals surface area (Å²) in [5.41, 5.74) is 8.31. The first-order valence-electron chi connectivity index (χ1n) is 23.0. The van der Waals surface area contributed by atoms with Crippen LogP contribution in [0.5, 0.6) is 0 Å². The van der Waals surface area contributed by atoms with Gasteiger partial charge in [0.2, 0.25) is 0 Å². The van der Waals surface area contributed by atoms with Crippen LogP contribution >= 0.6 is 11.3 Å². The number of imidazole rings is 1. The summed E-state index contributed by atoms with van der Waals surface area (Å²) >= 11 is 1.83. The molecule has 1 radical (unpaired) electrons. The average molecular weight is 1020 g/mol. The molecule has 4 heterocycles. The van der Waals surface area contributed by atoms with Crippen molar-refractivity contribution in [1.29, 1.82) is 0 Å². The van der Waals surface area contributed by atoms with Gasteiger partial charge in [-0.25, -0.2) is 0 Å². The number of para-hydroxylation sites is 3. The summed E-state index contributed by atoms with van der Waals surface area (Å²) in [7, 11) is -1.82. The van der Waals surface area contributed by atoms with E-state index >= 15 is 0 Å². The minimum Gasteiger partial charge on any atom is -0.501 e. The van der Waals surface area contributed by atoms with Crippen molar-refractivity contribution in [3.05, 3.63) is 156 Å². The molecule has 0 atom stereocenters. The molecule has 0 amide bonds. The molecule has 7 heteroatoms. The molecule has 4 aromatic heterocycles. The summed E-state index contributed by atoms with van der Waals surface area (Å²) in [5.74, 6) is 0.643. The standard InChI is InChI=1S/C31H17N2OS.C23H34NSi.Ir/c1-5-14-27-20(8-1)22-10-7-11-23(30(22)34-27)31-32-25-12-3-4-13-26(25)33(31)19-16-17-29-24(18-19)21-9-2-6-15-28(21)35-29;1-16(2)12-19-14-21(24-15-22(19)25(7,8)9)18-11-10-17(3)20(13-18)23(4,5)6;/h1-10,12-18H;10,13-16H,12H2,1-9H3;/q2*-1;/i;3D3,12D2;. The summed E-state index contributed by atoms with van der Waals surface area (Å²) < 4.78 is 52.3. The predicted octanol–water partition coefficient (Wildman–Crippen LogP) is 14.7. The Kier molecular flexibility index (Phi) is 9.93. The molecule has 0 saturated carbocycles. The number of thiophene rings is 1. The molecule has 6 aromatic carbocycles. The predicted molar refractivity (Wildman–Crippen MR) is 259 cm³/mol. The van der Waals surface area contributed by atoms with Gasteiger partial charge in [0.15, 0.2) is 0 Å². The van der Waals surface area contributed by atoms with Gasteiger partial charge >= 0.3 is 0 Å². The fraction of sp³-hybridized carbons (Fsp3) is 0.222. The number of aromatic nitrogens is 3. The second-order valence-corrected chi connectivity index (χ2v) is 23.9. The Morgan fingerprint density at radius 2 is 1.57 bits per heavy atom. The van der Waals surface area contributed by atoms with Gasteiger partial charge in [0.1, 0.15) is 5.58 Å². The maximum absolute atomic E-state index is 8.74. The third kappa shape index (κ3) is 8.17. The maximum atomic E-state index is 8.74. The second-order valence-electron chi connectivity index (χ2n) is 17.8. The molecule has 0 unspecified atom stereocenters. The first-order chi connectivity index (χ1) is 30.7. The fourth-order valence-electron chi connectivity index (χ4n) is 8.06. The van der Waals surface area contributed by atoms with E-state index < -0.39 is 21.3 Å². The van der Waals surface area contributed by atoms with E-state index in [1.807, 2.05) is 94.6 Å². The average Bonchev–Trinajstić information content (AvgIpc) is 3.96. The monoisotopic (exact) mass is 1020 g/mol.